The number of aromatic hydroxyl groups is 2. The molecule has 0 bridgehead atoms. The van der Waals surface area contributed by atoms with E-state index in [9.17, 15) is 20.1 Å². The molecule has 2 aromatic carbocycles. The number of aliphatic carboxylic acids is 1. The number of phenolic OH excluding ortho intramolecular Hbond substituents is 2. The Kier molecular flexibility index (Phi) is 5.93. The molecule has 0 radical (unpaired) electrons. The highest BCUT2D eigenvalue weighted by Gasteiger charge is 2.21. The maximum Gasteiger partial charge on any atom is 0.321 e. The van der Waals surface area contributed by atoms with Gasteiger partial charge in [0.25, 0.3) is 0 Å². The van der Waals surface area contributed by atoms with E-state index in [0.717, 1.165) is 22.3 Å². The third-order valence-corrected chi connectivity index (χ3v) is 4.40. The van der Waals surface area contributed by atoms with Crippen molar-refractivity contribution in [2.45, 2.75) is 52.1 Å². The molecule has 2 rings (SSSR count). The van der Waals surface area contributed by atoms with Gasteiger partial charge in [0.05, 0.1) is 0 Å². The van der Waals surface area contributed by atoms with Crippen LogP contribution >= 0.6 is 0 Å². The van der Waals surface area contributed by atoms with Gasteiger partial charge in [-0.05, 0) is 53.1 Å². The first-order valence-corrected chi connectivity index (χ1v) is 8.65. The summed E-state index contributed by atoms with van der Waals surface area (Å²) in [6.45, 7) is 8.33. The standard InChI is InChI=1S/C21H27NO4/c1-13-9-15(10-17(19(13)24)21(2,3)4)12-22-18(20(25)26)11-14-5-7-16(23)8-6-14/h5-10,18,22-24H,11-12H2,1-4H3,(H,25,26)/t18-/m0/s1. The Balaban J connectivity index is 2.15. The van der Waals surface area contributed by atoms with Crippen LogP contribution in [-0.2, 0) is 23.2 Å². The second kappa shape index (κ2) is 7.79. The smallest absolute Gasteiger partial charge is 0.321 e. The maximum atomic E-state index is 11.6. The molecule has 0 spiro atoms. The molecule has 0 aromatic heterocycles. The van der Waals surface area contributed by atoms with Crippen LogP contribution in [0.4, 0.5) is 0 Å². The summed E-state index contributed by atoms with van der Waals surface area (Å²) in [5.74, 6) is -0.479. The largest absolute Gasteiger partial charge is 0.508 e. The van der Waals surface area contributed by atoms with E-state index in [1.165, 1.54) is 0 Å². The second-order valence-corrected chi connectivity index (χ2v) is 7.70. The highest BCUT2D eigenvalue weighted by Crippen LogP contribution is 2.34. The molecule has 0 amide bonds. The molecule has 0 unspecified atom stereocenters. The normalized spacial score (nSPS) is 12.8. The van der Waals surface area contributed by atoms with Crippen molar-refractivity contribution in [1.82, 2.24) is 5.32 Å². The quantitative estimate of drug-likeness (QED) is 0.635. The fourth-order valence-electron chi connectivity index (χ4n) is 2.88. The molecule has 2 aromatic rings. The predicted molar refractivity (Wildman–Crippen MR) is 102 cm³/mol. The summed E-state index contributed by atoms with van der Waals surface area (Å²) >= 11 is 0. The summed E-state index contributed by atoms with van der Waals surface area (Å²) in [7, 11) is 0. The zero-order chi connectivity index (χ0) is 19.5. The molecular formula is C21H27NO4. The van der Waals surface area contributed by atoms with Crippen LogP contribution in [-0.4, -0.2) is 27.3 Å². The number of hydrogen-bond donors (Lipinski definition) is 4. The summed E-state index contributed by atoms with van der Waals surface area (Å²) in [6.07, 6.45) is 0.318. The Morgan fingerprint density at radius 3 is 2.23 bits per heavy atom. The van der Waals surface area contributed by atoms with Crippen molar-refractivity contribution in [2.24, 2.45) is 0 Å². The van der Waals surface area contributed by atoms with E-state index in [1.807, 2.05) is 39.8 Å². The molecule has 0 aliphatic carbocycles. The fourth-order valence-corrected chi connectivity index (χ4v) is 2.88. The molecule has 5 heteroatoms. The van der Waals surface area contributed by atoms with Crippen LogP contribution in [0.2, 0.25) is 0 Å². The molecule has 0 aliphatic heterocycles. The van der Waals surface area contributed by atoms with Gasteiger partial charge in [0.2, 0.25) is 0 Å². The van der Waals surface area contributed by atoms with Crippen molar-refractivity contribution >= 4 is 5.97 Å². The number of benzene rings is 2. The van der Waals surface area contributed by atoms with E-state index in [4.69, 9.17) is 0 Å². The fraction of sp³-hybridized carbons (Fsp3) is 0.381. The van der Waals surface area contributed by atoms with Gasteiger partial charge in [-0.25, -0.2) is 0 Å². The van der Waals surface area contributed by atoms with Gasteiger partial charge < -0.3 is 20.6 Å². The van der Waals surface area contributed by atoms with Crippen LogP contribution in [0.25, 0.3) is 0 Å². The SMILES string of the molecule is Cc1cc(CN[C@@H](Cc2ccc(O)cc2)C(=O)O)cc(C(C)(C)C)c1O. The molecular weight excluding hydrogens is 330 g/mol. The summed E-state index contributed by atoms with van der Waals surface area (Å²) in [5, 5.41) is 32.2. The van der Waals surface area contributed by atoms with E-state index in [0.29, 0.717) is 18.7 Å². The Morgan fingerprint density at radius 2 is 1.69 bits per heavy atom. The van der Waals surface area contributed by atoms with E-state index < -0.39 is 12.0 Å². The first-order valence-electron chi connectivity index (χ1n) is 8.65. The summed E-state index contributed by atoms with van der Waals surface area (Å²) in [4.78, 5) is 11.6. The third-order valence-electron chi connectivity index (χ3n) is 4.40. The number of carboxylic acid groups (broad SMARTS) is 1. The van der Waals surface area contributed by atoms with Crippen molar-refractivity contribution in [3.63, 3.8) is 0 Å². The van der Waals surface area contributed by atoms with Gasteiger partial charge in [-0.2, -0.15) is 0 Å². The number of nitrogens with one attached hydrogen (secondary N) is 1. The minimum absolute atomic E-state index is 0.155. The van der Waals surface area contributed by atoms with Crippen molar-refractivity contribution in [1.29, 1.82) is 0 Å². The molecule has 0 fully saturated rings. The van der Waals surface area contributed by atoms with Gasteiger partial charge >= 0.3 is 5.97 Å². The summed E-state index contributed by atoms with van der Waals surface area (Å²) in [5.41, 5.74) is 3.19. The zero-order valence-electron chi connectivity index (χ0n) is 15.7. The Morgan fingerprint density at radius 1 is 1.08 bits per heavy atom. The minimum Gasteiger partial charge on any atom is -0.508 e. The maximum absolute atomic E-state index is 11.6. The molecule has 140 valence electrons. The number of carbonyl (C=O) groups is 1. The average Bonchev–Trinajstić information content (AvgIpc) is 2.54. The van der Waals surface area contributed by atoms with Gasteiger partial charge in [0.1, 0.15) is 17.5 Å². The van der Waals surface area contributed by atoms with Crippen LogP contribution in [0, 0.1) is 6.92 Å². The van der Waals surface area contributed by atoms with Crippen molar-refractivity contribution < 1.29 is 20.1 Å². The summed E-state index contributed by atoms with van der Waals surface area (Å²) < 4.78 is 0. The van der Waals surface area contributed by atoms with E-state index >= 15 is 0 Å². The lowest BCUT2D eigenvalue weighted by atomic mass is 9.84. The monoisotopic (exact) mass is 357 g/mol. The lowest BCUT2D eigenvalue weighted by molar-refractivity contribution is -0.139. The number of aryl methyl sites for hydroxylation is 1. The van der Waals surface area contributed by atoms with Gasteiger partial charge in [0, 0.05) is 6.54 Å². The molecule has 1 atom stereocenters. The summed E-state index contributed by atoms with van der Waals surface area (Å²) in [6, 6.07) is 9.59. The Labute approximate surface area is 154 Å². The molecule has 0 aliphatic rings. The van der Waals surface area contributed by atoms with E-state index in [2.05, 4.69) is 5.32 Å². The van der Waals surface area contributed by atoms with Crippen molar-refractivity contribution in [2.75, 3.05) is 0 Å². The van der Waals surface area contributed by atoms with Crippen LogP contribution in [0.3, 0.4) is 0 Å². The highest BCUT2D eigenvalue weighted by molar-refractivity contribution is 5.74. The van der Waals surface area contributed by atoms with Crippen molar-refractivity contribution in [3.8, 4) is 11.5 Å². The van der Waals surface area contributed by atoms with E-state index in [-0.39, 0.29) is 11.2 Å². The second-order valence-electron chi connectivity index (χ2n) is 7.70. The van der Waals surface area contributed by atoms with Gasteiger partial charge in [-0.15, -0.1) is 0 Å². The van der Waals surface area contributed by atoms with Gasteiger partial charge in [-0.3, -0.25) is 4.79 Å². The topological polar surface area (TPSA) is 89.8 Å². The molecule has 0 heterocycles. The minimum atomic E-state index is -0.926. The molecule has 0 saturated carbocycles. The number of hydrogen-bond acceptors (Lipinski definition) is 4. The Hall–Kier alpha value is -2.53. The lowest BCUT2D eigenvalue weighted by Crippen LogP contribution is -2.38. The first kappa shape index (κ1) is 19.8. The molecule has 0 saturated heterocycles. The number of phenols is 2. The van der Waals surface area contributed by atoms with Crippen LogP contribution in [0.15, 0.2) is 36.4 Å². The van der Waals surface area contributed by atoms with Crippen molar-refractivity contribution in [3.05, 3.63) is 58.7 Å². The van der Waals surface area contributed by atoms with Gasteiger partial charge in [0.15, 0.2) is 0 Å². The highest BCUT2D eigenvalue weighted by atomic mass is 16.4. The first-order chi connectivity index (χ1) is 12.1. The zero-order valence-corrected chi connectivity index (χ0v) is 15.7. The number of carboxylic acids is 1. The van der Waals surface area contributed by atoms with Crippen LogP contribution in [0.5, 0.6) is 11.5 Å². The average molecular weight is 357 g/mol. The third kappa shape index (κ3) is 4.99. The predicted octanol–water partition coefficient (Wildman–Crippen LogP) is 3.49. The van der Waals surface area contributed by atoms with Crippen LogP contribution < -0.4 is 5.32 Å². The Bertz CT molecular complexity index is 776. The van der Waals surface area contributed by atoms with E-state index in [1.54, 1.807) is 24.3 Å². The number of rotatable bonds is 6. The lowest BCUT2D eigenvalue weighted by Gasteiger charge is -2.23. The van der Waals surface area contributed by atoms with Gasteiger partial charge in [-0.1, -0.05) is 45.0 Å². The molecule has 4 N–H and O–H groups in total. The molecule has 26 heavy (non-hydrogen) atoms. The molecule has 5 nitrogen and oxygen atoms in total. The van der Waals surface area contributed by atoms with Crippen LogP contribution in [0.1, 0.15) is 43.0 Å².